The molecular formula is C29H34N6. The minimum atomic E-state index is 0.592. The molecule has 0 radical (unpaired) electrons. The van der Waals surface area contributed by atoms with E-state index in [0.717, 1.165) is 56.1 Å². The second kappa shape index (κ2) is 8.68. The molecule has 3 aliphatic rings. The van der Waals surface area contributed by atoms with Crippen LogP contribution in [-0.2, 0) is 19.9 Å². The molecule has 0 aliphatic carbocycles. The predicted octanol–water partition coefficient (Wildman–Crippen LogP) is 4.81. The number of hydrogen-bond donors (Lipinski definition) is 1. The lowest BCUT2D eigenvalue weighted by Gasteiger charge is -2.43. The summed E-state index contributed by atoms with van der Waals surface area (Å²) in [6.45, 7) is 14.7. The van der Waals surface area contributed by atoms with Crippen LogP contribution in [0.25, 0.3) is 11.1 Å². The zero-order chi connectivity index (χ0) is 24.1. The molecule has 3 aromatic rings. The lowest BCUT2D eigenvalue weighted by atomic mass is 9.86. The first-order chi connectivity index (χ1) is 17.0. The first kappa shape index (κ1) is 22.1. The Morgan fingerprint density at radius 2 is 2.00 bits per heavy atom. The Labute approximate surface area is 208 Å². The monoisotopic (exact) mass is 466 g/mol. The van der Waals surface area contributed by atoms with Crippen molar-refractivity contribution in [2.45, 2.75) is 38.1 Å². The Kier molecular flexibility index (Phi) is 5.49. The van der Waals surface area contributed by atoms with Gasteiger partial charge in [-0.3, -0.25) is 9.58 Å². The van der Waals surface area contributed by atoms with E-state index in [1.165, 1.54) is 39.9 Å². The molecule has 1 aromatic carbocycles. The van der Waals surface area contributed by atoms with Crippen molar-refractivity contribution in [1.29, 1.82) is 0 Å². The number of fused-ring (bicyclic) bond motifs is 2. The van der Waals surface area contributed by atoms with E-state index in [1.54, 1.807) is 0 Å². The van der Waals surface area contributed by atoms with Crippen LogP contribution in [0.15, 0.2) is 61.7 Å². The van der Waals surface area contributed by atoms with Gasteiger partial charge in [0.2, 0.25) is 0 Å². The Bertz CT molecular complexity index is 1300. The molecule has 2 saturated heterocycles. The molecule has 6 rings (SSSR count). The van der Waals surface area contributed by atoms with Gasteiger partial charge in [-0.15, -0.1) is 0 Å². The van der Waals surface area contributed by atoms with Crippen molar-refractivity contribution in [3.05, 3.63) is 84.0 Å². The van der Waals surface area contributed by atoms with Crippen LogP contribution in [0.2, 0.25) is 0 Å². The molecule has 2 fully saturated rings. The minimum Gasteiger partial charge on any atom is -0.370 e. The van der Waals surface area contributed by atoms with Crippen molar-refractivity contribution in [3.8, 4) is 11.1 Å². The van der Waals surface area contributed by atoms with E-state index in [4.69, 9.17) is 4.98 Å². The number of aromatic nitrogens is 3. The van der Waals surface area contributed by atoms with Gasteiger partial charge in [0.05, 0.1) is 6.20 Å². The van der Waals surface area contributed by atoms with E-state index >= 15 is 0 Å². The molecule has 3 aliphatic heterocycles. The minimum absolute atomic E-state index is 0.592. The van der Waals surface area contributed by atoms with E-state index in [0.29, 0.717) is 12.0 Å². The number of pyridine rings is 1. The fourth-order valence-corrected chi connectivity index (χ4v) is 6.04. The molecule has 1 unspecified atom stereocenters. The lowest BCUT2D eigenvalue weighted by molar-refractivity contribution is 0.0963. The van der Waals surface area contributed by atoms with Crippen LogP contribution in [0.3, 0.4) is 0 Å². The summed E-state index contributed by atoms with van der Waals surface area (Å²) in [6, 6.07) is 7.56. The number of nitrogens with zero attached hydrogens (tertiary/aromatic N) is 5. The maximum Gasteiger partial charge on any atom is 0.134 e. The average molecular weight is 467 g/mol. The van der Waals surface area contributed by atoms with Crippen LogP contribution in [0.5, 0.6) is 0 Å². The van der Waals surface area contributed by atoms with E-state index in [2.05, 4.69) is 64.7 Å². The second-order valence-corrected chi connectivity index (χ2v) is 10.3. The summed E-state index contributed by atoms with van der Waals surface area (Å²) in [7, 11) is 1.96. The van der Waals surface area contributed by atoms with Crippen molar-refractivity contribution in [3.63, 3.8) is 0 Å². The van der Waals surface area contributed by atoms with Crippen molar-refractivity contribution in [2.24, 2.45) is 7.05 Å². The van der Waals surface area contributed by atoms with Crippen molar-refractivity contribution >= 4 is 11.5 Å². The maximum atomic E-state index is 4.74. The van der Waals surface area contributed by atoms with Crippen molar-refractivity contribution in [1.82, 2.24) is 24.6 Å². The van der Waals surface area contributed by atoms with E-state index in [-0.39, 0.29) is 0 Å². The fourth-order valence-electron chi connectivity index (χ4n) is 6.04. The summed E-state index contributed by atoms with van der Waals surface area (Å²) in [5.41, 5.74) is 10.2. The van der Waals surface area contributed by atoms with Gasteiger partial charge in [-0.25, -0.2) is 4.98 Å². The standard InChI is InChI=1S/C29H34N6/c1-5-20(3)34-11-9-24(18-34)35-16-23(17-35)21-12-19(2)25-6-7-27-26(22-14-31-33(4)15-22)8-10-30-29(27)32-28(25)13-21/h5,8,10,12-15,23-24H,1,3,6-7,9,11,16-18H2,2,4H3,(H,30,32). The Hall–Kier alpha value is -3.38. The molecule has 180 valence electrons. The van der Waals surface area contributed by atoms with Gasteiger partial charge in [-0.1, -0.05) is 19.2 Å². The molecule has 0 amide bonds. The third kappa shape index (κ3) is 3.96. The third-order valence-corrected chi connectivity index (χ3v) is 8.15. The highest BCUT2D eigenvalue weighted by Crippen LogP contribution is 2.39. The molecule has 1 atom stereocenters. The largest absolute Gasteiger partial charge is 0.370 e. The van der Waals surface area contributed by atoms with Crippen LogP contribution in [0.1, 0.15) is 34.6 Å². The number of hydrogen-bond acceptors (Lipinski definition) is 5. The molecule has 0 saturated carbocycles. The number of anilines is 2. The number of likely N-dealkylation sites (tertiary alicyclic amines) is 2. The molecule has 35 heavy (non-hydrogen) atoms. The lowest BCUT2D eigenvalue weighted by Crippen LogP contribution is -2.51. The number of benzene rings is 1. The van der Waals surface area contributed by atoms with Crippen molar-refractivity contribution in [2.75, 3.05) is 31.5 Å². The Morgan fingerprint density at radius 1 is 1.17 bits per heavy atom. The summed E-state index contributed by atoms with van der Waals surface area (Å²) in [5, 5.41) is 8.10. The van der Waals surface area contributed by atoms with Gasteiger partial charge in [-0.2, -0.15) is 5.10 Å². The predicted molar refractivity (Wildman–Crippen MR) is 142 cm³/mol. The zero-order valence-corrected chi connectivity index (χ0v) is 20.8. The summed E-state index contributed by atoms with van der Waals surface area (Å²) in [4.78, 5) is 9.75. The van der Waals surface area contributed by atoms with Crippen LogP contribution < -0.4 is 5.32 Å². The van der Waals surface area contributed by atoms with Gasteiger partial charge in [0.25, 0.3) is 0 Å². The van der Waals surface area contributed by atoms with Gasteiger partial charge >= 0.3 is 0 Å². The van der Waals surface area contributed by atoms with E-state index in [1.807, 2.05) is 30.2 Å². The number of allylic oxidation sites excluding steroid dienone is 1. The summed E-state index contributed by atoms with van der Waals surface area (Å²) in [6.07, 6.45) is 11.0. The molecule has 2 aromatic heterocycles. The van der Waals surface area contributed by atoms with Gasteiger partial charge in [0, 0.05) is 80.1 Å². The van der Waals surface area contributed by atoms with Gasteiger partial charge in [-0.05, 0) is 66.6 Å². The molecule has 0 bridgehead atoms. The molecule has 0 spiro atoms. The number of aryl methyl sites for hydroxylation is 2. The first-order valence-corrected chi connectivity index (χ1v) is 12.7. The molecule has 1 N–H and O–H groups in total. The Balaban J connectivity index is 1.21. The summed E-state index contributed by atoms with van der Waals surface area (Å²) in [5.74, 6) is 1.57. The van der Waals surface area contributed by atoms with Gasteiger partial charge < -0.3 is 10.2 Å². The van der Waals surface area contributed by atoms with Gasteiger partial charge in [0.1, 0.15) is 5.82 Å². The summed E-state index contributed by atoms with van der Waals surface area (Å²) >= 11 is 0. The normalized spacial score (nSPS) is 19.9. The van der Waals surface area contributed by atoms with Crippen LogP contribution in [0.4, 0.5) is 11.5 Å². The SMILES string of the molecule is C=CC(=C)N1CCC(N2CC(c3cc(C)c4c(c3)Nc3nccc(-c5cnn(C)c5)c3CC4)C2)C1. The first-order valence-electron chi connectivity index (χ1n) is 12.7. The summed E-state index contributed by atoms with van der Waals surface area (Å²) < 4.78 is 1.86. The Morgan fingerprint density at radius 3 is 2.77 bits per heavy atom. The quantitative estimate of drug-likeness (QED) is 0.547. The van der Waals surface area contributed by atoms with E-state index in [9.17, 15) is 0 Å². The highest BCUT2D eigenvalue weighted by atomic mass is 15.3. The topological polar surface area (TPSA) is 49.2 Å². The maximum absolute atomic E-state index is 4.74. The average Bonchev–Trinajstić information content (AvgIpc) is 3.42. The van der Waals surface area contributed by atoms with Gasteiger partial charge in [0.15, 0.2) is 0 Å². The smallest absolute Gasteiger partial charge is 0.134 e. The molecule has 5 heterocycles. The number of nitrogens with one attached hydrogen (secondary N) is 1. The molecule has 6 nitrogen and oxygen atoms in total. The second-order valence-electron chi connectivity index (χ2n) is 10.3. The third-order valence-electron chi connectivity index (χ3n) is 8.15. The molecule has 6 heteroatoms. The molecular weight excluding hydrogens is 432 g/mol. The van der Waals surface area contributed by atoms with Crippen LogP contribution >= 0.6 is 0 Å². The highest BCUT2D eigenvalue weighted by Gasteiger charge is 2.37. The highest BCUT2D eigenvalue weighted by molar-refractivity contribution is 5.76. The zero-order valence-electron chi connectivity index (χ0n) is 20.8. The van der Waals surface area contributed by atoms with Crippen LogP contribution in [0, 0.1) is 6.92 Å². The number of rotatable bonds is 5. The van der Waals surface area contributed by atoms with Crippen LogP contribution in [-0.4, -0.2) is 56.8 Å². The van der Waals surface area contributed by atoms with Crippen molar-refractivity contribution < 1.29 is 0 Å². The fraction of sp³-hybridized carbons (Fsp3) is 0.379. The van der Waals surface area contributed by atoms with E-state index < -0.39 is 0 Å².